The lowest BCUT2D eigenvalue weighted by atomic mass is 10.1. The van der Waals surface area contributed by atoms with Gasteiger partial charge < -0.3 is 9.47 Å². The molecule has 1 aromatic rings. The van der Waals surface area contributed by atoms with Gasteiger partial charge in [-0.2, -0.15) is 0 Å². The second-order valence-corrected chi connectivity index (χ2v) is 3.79. The lowest BCUT2D eigenvalue weighted by Crippen LogP contribution is -2.24. The van der Waals surface area contributed by atoms with Crippen molar-refractivity contribution in [2.45, 2.75) is 25.3 Å². The third kappa shape index (κ3) is 1.08. The molecule has 0 radical (unpaired) electrons. The van der Waals surface area contributed by atoms with Gasteiger partial charge >= 0.3 is 0 Å². The van der Waals surface area contributed by atoms with Gasteiger partial charge in [0.15, 0.2) is 12.5 Å². The predicted molar refractivity (Wildman–Crippen MR) is 51.1 cm³/mol. The van der Waals surface area contributed by atoms with Crippen LogP contribution < -0.4 is 20.9 Å². The Morgan fingerprint density at radius 2 is 1.36 bits per heavy atom. The zero-order chi connectivity index (χ0) is 9.71. The van der Waals surface area contributed by atoms with Crippen LogP contribution in [0.1, 0.15) is 11.1 Å². The second kappa shape index (κ2) is 2.62. The van der Waals surface area contributed by atoms with Crippen molar-refractivity contribution in [1.82, 2.24) is 0 Å². The smallest absolute Gasteiger partial charge is 0.151 e. The summed E-state index contributed by atoms with van der Waals surface area (Å²) in [6.45, 7) is 0. The minimum Gasteiger partial charge on any atom is -0.475 e. The van der Waals surface area contributed by atoms with E-state index in [1.807, 2.05) is 12.1 Å². The number of fused-ring (bicyclic) bond motifs is 2. The number of nitrogens with two attached hydrogens (primary N) is 2. The molecule has 2 heterocycles. The minimum absolute atomic E-state index is 0.207. The zero-order valence-corrected chi connectivity index (χ0v) is 7.69. The minimum atomic E-state index is -0.207. The summed E-state index contributed by atoms with van der Waals surface area (Å²) in [4.78, 5) is 0. The highest BCUT2D eigenvalue weighted by Gasteiger charge is 2.26. The summed E-state index contributed by atoms with van der Waals surface area (Å²) in [7, 11) is 0. The van der Waals surface area contributed by atoms with Gasteiger partial charge in [0.2, 0.25) is 0 Å². The van der Waals surface area contributed by atoms with Gasteiger partial charge in [-0.05, 0) is 12.1 Å². The van der Waals surface area contributed by atoms with Crippen LogP contribution in [-0.2, 0) is 12.8 Å². The fraction of sp³-hybridized carbons (Fsp3) is 0.400. The van der Waals surface area contributed by atoms with E-state index in [-0.39, 0.29) is 12.5 Å². The summed E-state index contributed by atoms with van der Waals surface area (Å²) in [6.07, 6.45) is 1.09. The number of ether oxygens (including phenoxy) is 2. The van der Waals surface area contributed by atoms with Crippen molar-refractivity contribution in [3.05, 3.63) is 23.3 Å². The SMILES string of the molecule is NC1Cc2cc3c(cc2O1)CC(N)O3. The normalized spacial score (nSPS) is 27.9. The van der Waals surface area contributed by atoms with E-state index in [2.05, 4.69) is 0 Å². The first kappa shape index (κ1) is 8.08. The Hall–Kier alpha value is -1.26. The molecule has 0 bridgehead atoms. The lowest BCUT2D eigenvalue weighted by molar-refractivity contribution is 0.240. The molecule has 0 amide bonds. The third-order valence-corrected chi connectivity index (χ3v) is 2.64. The van der Waals surface area contributed by atoms with Gasteiger partial charge in [-0.15, -0.1) is 0 Å². The molecule has 2 unspecified atom stereocenters. The Morgan fingerprint density at radius 1 is 0.929 bits per heavy atom. The van der Waals surface area contributed by atoms with Crippen molar-refractivity contribution in [3.8, 4) is 11.5 Å². The average Bonchev–Trinajstić information content (AvgIpc) is 2.59. The maximum Gasteiger partial charge on any atom is 0.151 e. The van der Waals surface area contributed by atoms with E-state index in [1.165, 1.54) is 0 Å². The molecule has 2 aliphatic heterocycles. The van der Waals surface area contributed by atoms with Crippen molar-refractivity contribution in [3.63, 3.8) is 0 Å². The van der Waals surface area contributed by atoms with Crippen LogP contribution in [0.3, 0.4) is 0 Å². The number of benzene rings is 1. The standard InChI is InChI=1S/C10H12N2O2/c11-9-3-5-1-7-6(2-8(5)14-9)4-10(12)13-7/h1-2,9-10H,3-4,11-12H2. The largest absolute Gasteiger partial charge is 0.475 e. The molecule has 0 saturated heterocycles. The Bertz CT molecular complexity index is 324. The molecular weight excluding hydrogens is 180 g/mol. The molecule has 4 N–H and O–H groups in total. The maximum atomic E-state index is 5.68. The van der Waals surface area contributed by atoms with Crippen molar-refractivity contribution >= 4 is 0 Å². The van der Waals surface area contributed by atoms with Crippen LogP contribution in [0.5, 0.6) is 11.5 Å². The van der Waals surface area contributed by atoms with Crippen LogP contribution in [0.2, 0.25) is 0 Å². The Kier molecular flexibility index (Phi) is 1.51. The van der Waals surface area contributed by atoms with Crippen LogP contribution >= 0.6 is 0 Å². The van der Waals surface area contributed by atoms with E-state index in [0.717, 1.165) is 35.5 Å². The van der Waals surface area contributed by atoms with Gasteiger partial charge in [-0.25, -0.2) is 0 Å². The first-order valence-electron chi connectivity index (χ1n) is 4.72. The first-order valence-corrected chi connectivity index (χ1v) is 4.72. The molecular formula is C10H12N2O2. The van der Waals surface area contributed by atoms with E-state index in [4.69, 9.17) is 20.9 Å². The van der Waals surface area contributed by atoms with Gasteiger partial charge in [-0.1, -0.05) is 0 Å². The van der Waals surface area contributed by atoms with E-state index in [9.17, 15) is 0 Å². The molecule has 74 valence electrons. The first-order chi connectivity index (χ1) is 6.72. The summed E-state index contributed by atoms with van der Waals surface area (Å²) in [6, 6.07) is 3.98. The number of rotatable bonds is 0. The van der Waals surface area contributed by atoms with E-state index >= 15 is 0 Å². The molecule has 0 saturated carbocycles. The fourth-order valence-corrected chi connectivity index (χ4v) is 2.03. The zero-order valence-electron chi connectivity index (χ0n) is 7.69. The second-order valence-electron chi connectivity index (χ2n) is 3.79. The molecule has 14 heavy (non-hydrogen) atoms. The summed E-state index contributed by atoms with van der Waals surface area (Å²) in [5, 5.41) is 0. The van der Waals surface area contributed by atoms with Crippen molar-refractivity contribution < 1.29 is 9.47 Å². The van der Waals surface area contributed by atoms with Gasteiger partial charge in [0.25, 0.3) is 0 Å². The van der Waals surface area contributed by atoms with Crippen molar-refractivity contribution in [2.75, 3.05) is 0 Å². The molecule has 0 aliphatic carbocycles. The van der Waals surface area contributed by atoms with Gasteiger partial charge in [0.1, 0.15) is 11.5 Å². The topological polar surface area (TPSA) is 70.5 Å². The quantitative estimate of drug-likeness (QED) is 0.612. The molecule has 0 spiro atoms. The van der Waals surface area contributed by atoms with E-state index in [1.54, 1.807) is 0 Å². The van der Waals surface area contributed by atoms with Gasteiger partial charge in [0, 0.05) is 24.0 Å². The van der Waals surface area contributed by atoms with Crippen LogP contribution in [0, 0.1) is 0 Å². The highest BCUT2D eigenvalue weighted by atomic mass is 16.5. The predicted octanol–water partition coefficient (Wildman–Crippen LogP) is 0.126. The van der Waals surface area contributed by atoms with Crippen LogP contribution in [0.15, 0.2) is 12.1 Å². The molecule has 4 nitrogen and oxygen atoms in total. The summed E-state index contributed by atoms with van der Waals surface area (Å²) < 4.78 is 10.9. The van der Waals surface area contributed by atoms with Crippen LogP contribution in [0.25, 0.3) is 0 Å². The summed E-state index contributed by atoms with van der Waals surface area (Å²) >= 11 is 0. The lowest BCUT2D eigenvalue weighted by Gasteiger charge is -2.03. The molecule has 3 rings (SSSR count). The van der Waals surface area contributed by atoms with Crippen molar-refractivity contribution in [1.29, 1.82) is 0 Å². The Labute approximate surface area is 81.8 Å². The Morgan fingerprint density at radius 3 is 1.79 bits per heavy atom. The molecule has 2 aliphatic rings. The molecule has 1 aromatic carbocycles. The number of hydrogen-bond donors (Lipinski definition) is 2. The Balaban J connectivity index is 2.05. The highest BCUT2D eigenvalue weighted by molar-refractivity contribution is 5.50. The maximum absolute atomic E-state index is 5.68. The van der Waals surface area contributed by atoms with E-state index < -0.39 is 0 Å². The van der Waals surface area contributed by atoms with E-state index in [0.29, 0.717) is 0 Å². The van der Waals surface area contributed by atoms with Crippen LogP contribution in [-0.4, -0.2) is 12.5 Å². The van der Waals surface area contributed by atoms with Gasteiger partial charge in [0.05, 0.1) is 0 Å². The third-order valence-electron chi connectivity index (χ3n) is 2.64. The number of hydrogen-bond acceptors (Lipinski definition) is 4. The van der Waals surface area contributed by atoms with Crippen LogP contribution in [0.4, 0.5) is 0 Å². The monoisotopic (exact) mass is 192 g/mol. The highest BCUT2D eigenvalue weighted by Crippen LogP contribution is 2.37. The molecule has 4 heteroatoms. The summed E-state index contributed by atoms with van der Waals surface area (Å²) in [5.74, 6) is 1.77. The molecule has 0 fully saturated rings. The fourth-order valence-electron chi connectivity index (χ4n) is 2.03. The summed E-state index contributed by atoms with van der Waals surface area (Å²) in [5.41, 5.74) is 13.6. The molecule has 2 atom stereocenters. The average molecular weight is 192 g/mol. The molecule has 0 aromatic heterocycles. The van der Waals surface area contributed by atoms with Crippen molar-refractivity contribution in [2.24, 2.45) is 11.5 Å². The van der Waals surface area contributed by atoms with Gasteiger partial charge in [-0.3, -0.25) is 11.5 Å².